The van der Waals surface area contributed by atoms with Crippen molar-refractivity contribution in [3.8, 4) is 0 Å². The molecule has 0 spiro atoms. The van der Waals surface area contributed by atoms with Crippen LogP contribution in [0.2, 0.25) is 0 Å². The van der Waals surface area contributed by atoms with E-state index in [4.69, 9.17) is 0 Å². The largest absolute Gasteiger partial charge is 0.317 e. The van der Waals surface area contributed by atoms with Gasteiger partial charge in [-0.05, 0) is 31.8 Å². The van der Waals surface area contributed by atoms with Gasteiger partial charge in [-0.15, -0.1) is 0 Å². The summed E-state index contributed by atoms with van der Waals surface area (Å²) in [6.45, 7) is 7.47. The van der Waals surface area contributed by atoms with Crippen LogP contribution in [0, 0.1) is 5.92 Å². The Morgan fingerprint density at radius 3 is 2.18 bits per heavy atom. The van der Waals surface area contributed by atoms with Gasteiger partial charge in [0.2, 0.25) is 0 Å². The summed E-state index contributed by atoms with van der Waals surface area (Å²) < 4.78 is 27.4. The zero-order chi connectivity index (χ0) is 12.9. The average Bonchev–Trinajstić information content (AvgIpc) is 2.31. The number of rotatable bonds is 6. The maximum atomic E-state index is 12.2. The Labute approximate surface area is 105 Å². The maximum Gasteiger partial charge on any atom is 0.281 e. The molecule has 5 nitrogen and oxygen atoms in total. The van der Waals surface area contributed by atoms with E-state index in [0.717, 1.165) is 25.9 Å². The van der Waals surface area contributed by atoms with E-state index in [1.54, 1.807) is 7.05 Å². The number of hydrogen-bond donors (Lipinski definition) is 1. The first-order chi connectivity index (χ1) is 8.02. The Hall–Kier alpha value is -0.170. The fraction of sp³-hybridized carbons (Fsp3) is 1.00. The molecule has 0 saturated carbocycles. The van der Waals surface area contributed by atoms with Gasteiger partial charge in [0.15, 0.2) is 0 Å². The van der Waals surface area contributed by atoms with Crippen molar-refractivity contribution in [3.05, 3.63) is 0 Å². The molecule has 0 bridgehead atoms. The zero-order valence-electron chi connectivity index (χ0n) is 11.1. The minimum Gasteiger partial charge on any atom is -0.317 e. The van der Waals surface area contributed by atoms with E-state index in [1.807, 2.05) is 13.8 Å². The summed E-state index contributed by atoms with van der Waals surface area (Å²) in [5, 5.41) is 3.29. The van der Waals surface area contributed by atoms with Crippen LogP contribution in [0.1, 0.15) is 26.7 Å². The van der Waals surface area contributed by atoms with Crippen LogP contribution < -0.4 is 5.32 Å². The van der Waals surface area contributed by atoms with E-state index in [0.29, 0.717) is 25.6 Å². The highest BCUT2D eigenvalue weighted by molar-refractivity contribution is 7.86. The van der Waals surface area contributed by atoms with E-state index < -0.39 is 10.2 Å². The van der Waals surface area contributed by atoms with Crippen molar-refractivity contribution in [1.29, 1.82) is 0 Å². The lowest BCUT2D eigenvalue weighted by Crippen LogP contribution is -2.44. The number of nitrogens with one attached hydrogen (secondary N) is 1. The van der Waals surface area contributed by atoms with E-state index in [2.05, 4.69) is 5.32 Å². The van der Waals surface area contributed by atoms with Gasteiger partial charge in [-0.25, -0.2) is 0 Å². The molecule has 1 saturated heterocycles. The molecule has 6 heteroatoms. The second kappa shape index (κ2) is 6.68. The summed E-state index contributed by atoms with van der Waals surface area (Å²) in [7, 11) is -1.56. The molecule has 0 unspecified atom stereocenters. The van der Waals surface area contributed by atoms with Gasteiger partial charge in [0.05, 0.1) is 0 Å². The molecule has 1 heterocycles. The predicted octanol–water partition coefficient (Wildman–Crippen LogP) is 0.504. The monoisotopic (exact) mass is 263 g/mol. The zero-order valence-corrected chi connectivity index (χ0v) is 12.0. The molecule has 0 aromatic rings. The molecule has 1 aliphatic rings. The van der Waals surface area contributed by atoms with Crippen LogP contribution in [0.3, 0.4) is 0 Å². The summed E-state index contributed by atoms with van der Waals surface area (Å²) in [5.74, 6) is 0.492. The van der Waals surface area contributed by atoms with Gasteiger partial charge in [0, 0.05) is 26.7 Å². The number of hydrogen-bond acceptors (Lipinski definition) is 3. The van der Waals surface area contributed by atoms with Crippen LogP contribution >= 0.6 is 0 Å². The molecular formula is C11H25N3O2S. The third-order valence-corrected chi connectivity index (χ3v) is 5.51. The van der Waals surface area contributed by atoms with E-state index in [-0.39, 0.29) is 0 Å². The molecule has 0 atom stereocenters. The van der Waals surface area contributed by atoms with Crippen LogP contribution in [0.15, 0.2) is 0 Å². The van der Waals surface area contributed by atoms with E-state index in [1.165, 1.54) is 8.61 Å². The molecule has 0 radical (unpaired) electrons. The molecule has 0 aromatic carbocycles. The van der Waals surface area contributed by atoms with Crippen LogP contribution in [-0.4, -0.2) is 56.8 Å². The van der Waals surface area contributed by atoms with Crippen molar-refractivity contribution in [2.75, 3.05) is 39.8 Å². The molecule has 1 rings (SSSR count). The van der Waals surface area contributed by atoms with E-state index in [9.17, 15) is 8.42 Å². The molecule has 1 fully saturated rings. The Bertz CT molecular complexity index is 309. The lowest BCUT2D eigenvalue weighted by Gasteiger charge is -2.30. The summed E-state index contributed by atoms with van der Waals surface area (Å²) in [4.78, 5) is 0. The molecule has 0 amide bonds. The smallest absolute Gasteiger partial charge is 0.281 e. The number of piperidine rings is 1. The Morgan fingerprint density at radius 2 is 1.71 bits per heavy atom. The van der Waals surface area contributed by atoms with Crippen molar-refractivity contribution < 1.29 is 8.42 Å². The minimum atomic E-state index is -3.25. The van der Waals surface area contributed by atoms with Crippen LogP contribution in [-0.2, 0) is 10.2 Å². The van der Waals surface area contributed by atoms with E-state index >= 15 is 0 Å². The van der Waals surface area contributed by atoms with Gasteiger partial charge in [-0.1, -0.05) is 13.8 Å². The summed E-state index contributed by atoms with van der Waals surface area (Å²) >= 11 is 0. The molecule has 0 aliphatic carbocycles. The molecule has 1 N–H and O–H groups in total. The van der Waals surface area contributed by atoms with Gasteiger partial charge < -0.3 is 5.32 Å². The topological polar surface area (TPSA) is 52.7 Å². The number of nitrogens with zero attached hydrogens (tertiary/aromatic N) is 2. The lowest BCUT2D eigenvalue weighted by molar-refractivity contribution is 0.294. The van der Waals surface area contributed by atoms with Crippen molar-refractivity contribution in [3.63, 3.8) is 0 Å². The quantitative estimate of drug-likeness (QED) is 0.759. The predicted molar refractivity (Wildman–Crippen MR) is 70.1 cm³/mol. The first-order valence-corrected chi connectivity index (χ1v) is 7.84. The fourth-order valence-corrected chi connectivity index (χ4v) is 3.72. The first-order valence-electron chi connectivity index (χ1n) is 6.44. The van der Waals surface area contributed by atoms with Crippen molar-refractivity contribution >= 4 is 10.2 Å². The molecule has 17 heavy (non-hydrogen) atoms. The standard InChI is InChI=1S/C11H25N3O2S/c1-4-14(5-2)17(15,16)13(3)10-11-6-8-12-9-7-11/h11-12H,4-10H2,1-3H3. The van der Waals surface area contributed by atoms with Gasteiger partial charge in [-0.2, -0.15) is 17.0 Å². The maximum absolute atomic E-state index is 12.2. The van der Waals surface area contributed by atoms with Gasteiger partial charge >= 0.3 is 0 Å². The summed E-state index contributed by atoms with van der Waals surface area (Å²) in [5.41, 5.74) is 0. The molecule has 0 aromatic heterocycles. The normalized spacial score (nSPS) is 19.1. The third kappa shape index (κ3) is 3.91. The highest BCUT2D eigenvalue weighted by atomic mass is 32.2. The summed E-state index contributed by atoms with van der Waals surface area (Å²) in [6, 6.07) is 0. The lowest BCUT2D eigenvalue weighted by atomic mass is 9.98. The SMILES string of the molecule is CCN(CC)S(=O)(=O)N(C)CC1CCNCC1. The highest BCUT2D eigenvalue weighted by Crippen LogP contribution is 2.16. The first kappa shape index (κ1) is 14.9. The van der Waals surface area contributed by atoms with Gasteiger partial charge in [0.25, 0.3) is 10.2 Å². The van der Waals surface area contributed by atoms with Crippen LogP contribution in [0.25, 0.3) is 0 Å². The van der Waals surface area contributed by atoms with Crippen LogP contribution in [0.4, 0.5) is 0 Å². The molecule has 102 valence electrons. The van der Waals surface area contributed by atoms with Crippen molar-refractivity contribution in [1.82, 2.24) is 13.9 Å². The second-order valence-corrected chi connectivity index (χ2v) is 6.60. The third-order valence-electron chi connectivity index (χ3n) is 3.40. The van der Waals surface area contributed by atoms with Crippen LogP contribution in [0.5, 0.6) is 0 Å². The van der Waals surface area contributed by atoms with Crippen molar-refractivity contribution in [2.45, 2.75) is 26.7 Å². The molecular weight excluding hydrogens is 238 g/mol. The Balaban J connectivity index is 2.58. The second-order valence-electron chi connectivity index (χ2n) is 4.57. The van der Waals surface area contributed by atoms with Crippen molar-refractivity contribution in [2.24, 2.45) is 5.92 Å². The highest BCUT2D eigenvalue weighted by Gasteiger charge is 2.26. The van der Waals surface area contributed by atoms with Gasteiger partial charge in [0.1, 0.15) is 0 Å². The minimum absolute atomic E-state index is 0.492. The average molecular weight is 263 g/mol. The Kier molecular flexibility index (Phi) is 5.85. The molecule has 1 aliphatic heterocycles. The fourth-order valence-electron chi connectivity index (χ4n) is 2.27. The Morgan fingerprint density at radius 1 is 1.18 bits per heavy atom. The summed E-state index contributed by atoms with van der Waals surface area (Å²) in [6.07, 6.45) is 2.14. The van der Waals surface area contributed by atoms with Gasteiger partial charge in [-0.3, -0.25) is 0 Å².